The van der Waals surface area contributed by atoms with Crippen molar-refractivity contribution in [3.05, 3.63) is 11.5 Å². The van der Waals surface area contributed by atoms with E-state index in [0.29, 0.717) is 11.3 Å². The van der Waals surface area contributed by atoms with Crippen molar-refractivity contribution in [1.82, 2.24) is 10.3 Å². The van der Waals surface area contributed by atoms with Crippen LogP contribution in [0.2, 0.25) is 0 Å². The highest BCUT2D eigenvalue weighted by molar-refractivity contribution is 7.99. The molecule has 0 radical (unpaired) electrons. The molecule has 0 saturated carbocycles. The van der Waals surface area contributed by atoms with Gasteiger partial charge in [-0.25, -0.2) is 4.98 Å². The van der Waals surface area contributed by atoms with Crippen molar-refractivity contribution in [2.75, 3.05) is 7.05 Å². The van der Waals surface area contributed by atoms with Gasteiger partial charge in [0.15, 0.2) is 0 Å². The van der Waals surface area contributed by atoms with Crippen LogP contribution in [0.4, 0.5) is 0 Å². The van der Waals surface area contributed by atoms with Crippen LogP contribution in [-0.2, 0) is 0 Å². The molecule has 1 aromatic rings. The first-order valence-corrected chi connectivity index (χ1v) is 5.70. The van der Waals surface area contributed by atoms with E-state index < -0.39 is 0 Å². The molecule has 2 unspecified atom stereocenters. The molecule has 1 aromatic heterocycles. The molecule has 2 atom stereocenters. The number of thioether (sulfide) groups is 1. The molecule has 0 aliphatic carbocycles. The number of oxazole rings is 1. The van der Waals surface area contributed by atoms with E-state index in [1.807, 2.05) is 20.9 Å². The summed E-state index contributed by atoms with van der Waals surface area (Å²) in [6.07, 6.45) is 0. The highest BCUT2D eigenvalue weighted by Gasteiger charge is 2.15. The Morgan fingerprint density at radius 2 is 2.00 bits per heavy atom. The summed E-state index contributed by atoms with van der Waals surface area (Å²) in [7, 11) is 1.97. The Kier molecular flexibility index (Phi) is 4.01. The summed E-state index contributed by atoms with van der Waals surface area (Å²) in [5, 5.41) is 4.44. The van der Waals surface area contributed by atoms with Crippen molar-refractivity contribution in [1.29, 1.82) is 0 Å². The van der Waals surface area contributed by atoms with Crippen LogP contribution < -0.4 is 5.32 Å². The largest absolute Gasteiger partial charge is 0.437 e. The van der Waals surface area contributed by atoms with E-state index in [9.17, 15) is 0 Å². The summed E-state index contributed by atoms with van der Waals surface area (Å²) < 4.78 is 5.50. The smallest absolute Gasteiger partial charge is 0.256 e. The number of rotatable bonds is 4. The molecule has 0 saturated heterocycles. The van der Waals surface area contributed by atoms with Gasteiger partial charge in [0.2, 0.25) is 0 Å². The second-order valence-electron chi connectivity index (χ2n) is 3.52. The summed E-state index contributed by atoms with van der Waals surface area (Å²) in [5.41, 5.74) is 0.983. The van der Waals surface area contributed by atoms with Crippen molar-refractivity contribution in [2.45, 2.75) is 44.2 Å². The van der Waals surface area contributed by atoms with Crippen LogP contribution in [0, 0.1) is 13.8 Å². The molecule has 80 valence electrons. The lowest BCUT2D eigenvalue weighted by Crippen LogP contribution is -2.30. The summed E-state index contributed by atoms with van der Waals surface area (Å²) in [6.45, 7) is 8.23. The van der Waals surface area contributed by atoms with Gasteiger partial charge in [-0.15, -0.1) is 0 Å². The Balaban J connectivity index is 2.60. The second-order valence-corrected chi connectivity index (χ2v) is 4.85. The maximum absolute atomic E-state index is 5.50. The minimum absolute atomic E-state index is 0.451. The second kappa shape index (κ2) is 4.84. The van der Waals surface area contributed by atoms with Gasteiger partial charge in [-0.1, -0.05) is 18.7 Å². The molecule has 0 aliphatic heterocycles. The summed E-state index contributed by atoms with van der Waals surface area (Å²) in [5.74, 6) is 0.914. The Morgan fingerprint density at radius 1 is 1.36 bits per heavy atom. The fraction of sp³-hybridized carbons (Fsp3) is 0.700. The molecule has 4 heteroatoms. The standard InChI is InChI=1S/C10H18N2OS/c1-6-8(3)13-10(12-6)14-9(4)7(2)11-5/h7,9,11H,1-5H3. The molecule has 3 nitrogen and oxygen atoms in total. The number of hydrogen-bond donors (Lipinski definition) is 1. The monoisotopic (exact) mass is 214 g/mol. The minimum atomic E-state index is 0.451. The van der Waals surface area contributed by atoms with Crippen LogP contribution in [0.3, 0.4) is 0 Å². The van der Waals surface area contributed by atoms with Gasteiger partial charge in [-0.3, -0.25) is 0 Å². The predicted octanol–water partition coefficient (Wildman–Crippen LogP) is 2.38. The third kappa shape index (κ3) is 2.75. The van der Waals surface area contributed by atoms with Crippen molar-refractivity contribution < 1.29 is 4.42 Å². The van der Waals surface area contributed by atoms with Gasteiger partial charge in [0, 0.05) is 11.3 Å². The number of nitrogens with zero attached hydrogens (tertiary/aromatic N) is 1. The van der Waals surface area contributed by atoms with Gasteiger partial charge in [-0.05, 0) is 27.8 Å². The maximum atomic E-state index is 5.50. The molecule has 0 spiro atoms. The molecule has 1 N–H and O–H groups in total. The topological polar surface area (TPSA) is 38.1 Å². The quantitative estimate of drug-likeness (QED) is 0.781. The third-order valence-electron chi connectivity index (χ3n) is 2.46. The van der Waals surface area contributed by atoms with E-state index in [0.717, 1.165) is 16.7 Å². The van der Waals surface area contributed by atoms with Gasteiger partial charge < -0.3 is 9.73 Å². The van der Waals surface area contributed by atoms with Gasteiger partial charge in [0.1, 0.15) is 5.76 Å². The number of aromatic nitrogens is 1. The zero-order valence-corrected chi connectivity index (χ0v) is 10.2. The Labute approximate surface area is 89.7 Å². The highest BCUT2D eigenvalue weighted by atomic mass is 32.2. The van der Waals surface area contributed by atoms with Gasteiger partial charge in [-0.2, -0.15) is 0 Å². The fourth-order valence-electron chi connectivity index (χ4n) is 0.989. The SMILES string of the molecule is CNC(C)C(C)Sc1nc(C)c(C)o1. The Hall–Kier alpha value is -0.480. The van der Waals surface area contributed by atoms with Crippen LogP contribution in [-0.4, -0.2) is 23.3 Å². The fourth-order valence-corrected chi connectivity index (χ4v) is 2.01. The molecule has 1 heterocycles. The molecular formula is C10H18N2OS. The van der Waals surface area contributed by atoms with Crippen molar-refractivity contribution in [2.24, 2.45) is 0 Å². The first-order valence-electron chi connectivity index (χ1n) is 4.82. The van der Waals surface area contributed by atoms with Crippen LogP contribution in [0.1, 0.15) is 25.3 Å². The maximum Gasteiger partial charge on any atom is 0.256 e. The zero-order valence-electron chi connectivity index (χ0n) is 9.42. The normalized spacial score (nSPS) is 15.5. The predicted molar refractivity (Wildman–Crippen MR) is 59.8 cm³/mol. The van der Waals surface area contributed by atoms with Crippen molar-refractivity contribution >= 4 is 11.8 Å². The lowest BCUT2D eigenvalue weighted by atomic mass is 10.3. The molecule has 14 heavy (non-hydrogen) atoms. The average Bonchev–Trinajstić information content (AvgIpc) is 2.44. The summed E-state index contributed by atoms with van der Waals surface area (Å²) in [6, 6.07) is 0.451. The number of aryl methyl sites for hydroxylation is 2. The first-order chi connectivity index (χ1) is 6.54. The van der Waals surface area contributed by atoms with E-state index in [4.69, 9.17) is 4.42 Å². The van der Waals surface area contributed by atoms with E-state index in [1.54, 1.807) is 11.8 Å². The lowest BCUT2D eigenvalue weighted by Gasteiger charge is -2.16. The van der Waals surface area contributed by atoms with Gasteiger partial charge >= 0.3 is 0 Å². The number of nitrogens with one attached hydrogen (secondary N) is 1. The molecule has 0 amide bonds. The van der Waals surface area contributed by atoms with Crippen molar-refractivity contribution in [3.8, 4) is 0 Å². The van der Waals surface area contributed by atoms with E-state index in [-0.39, 0.29) is 0 Å². The highest BCUT2D eigenvalue weighted by Crippen LogP contribution is 2.25. The summed E-state index contributed by atoms with van der Waals surface area (Å²) >= 11 is 1.67. The van der Waals surface area contributed by atoms with Crippen molar-refractivity contribution in [3.63, 3.8) is 0 Å². The molecule has 0 aliphatic rings. The molecule has 0 fully saturated rings. The molecular weight excluding hydrogens is 196 g/mol. The minimum Gasteiger partial charge on any atom is -0.437 e. The Bertz CT molecular complexity index is 279. The van der Waals surface area contributed by atoms with Gasteiger partial charge in [0.25, 0.3) is 5.22 Å². The third-order valence-corrected chi connectivity index (χ3v) is 3.61. The number of hydrogen-bond acceptors (Lipinski definition) is 4. The van der Waals surface area contributed by atoms with E-state index in [2.05, 4.69) is 24.1 Å². The van der Waals surface area contributed by atoms with E-state index in [1.165, 1.54) is 0 Å². The van der Waals surface area contributed by atoms with E-state index >= 15 is 0 Å². The van der Waals surface area contributed by atoms with Gasteiger partial charge in [0.05, 0.1) is 5.69 Å². The Morgan fingerprint density at radius 3 is 2.43 bits per heavy atom. The first kappa shape index (κ1) is 11.6. The van der Waals surface area contributed by atoms with Crippen LogP contribution in [0.25, 0.3) is 0 Å². The lowest BCUT2D eigenvalue weighted by molar-refractivity contribution is 0.429. The van der Waals surface area contributed by atoms with Crippen LogP contribution >= 0.6 is 11.8 Å². The van der Waals surface area contributed by atoms with Crippen LogP contribution in [0.15, 0.2) is 9.64 Å². The zero-order chi connectivity index (χ0) is 10.7. The summed E-state index contributed by atoms with van der Waals surface area (Å²) in [4.78, 5) is 4.34. The molecule has 0 bridgehead atoms. The molecule has 0 aromatic carbocycles. The average molecular weight is 214 g/mol. The molecule has 1 rings (SSSR count). The van der Waals surface area contributed by atoms with Crippen LogP contribution in [0.5, 0.6) is 0 Å².